The standard InChI is InChI=1S/C37H43N7O2/c1-37(2,3)46-36(45)39-20-8-6-10-35-42-31-18-14-27(23-33(31)44-35)29-16-13-26-21-24(11-15-28(26)40-29)25-12-17-30-32(22-25)43-34(41-30)9-5-7-19-38-4/h11-18,21-23,38H,5-10,19-20H2,1-4H3,(H,39,45)(H,41,43)(H,42,44). The number of hydrogen-bond acceptors (Lipinski definition) is 6. The third-order valence-electron chi connectivity index (χ3n) is 7.98. The smallest absolute Gasteiger partial charge is 0.407 e. The summed E-state index contributed by atoms with van der Waals surface area (Å²) in [6.45, 7) is 7.19. The Labute approximate surface area is 269 Å². The molecule has 9 heteroatoms. The third-order valence-corrected chi connectivity index (χ3v) is 7.98. The number of unbranched alkanes of at least 4 members (excludes halogenated alkanes) is 2. The summed E-state index contributed by atoms with van der Waals surface area (Å²) in [5.74, 6) is 1.99. The van der Waals surface area contributed by atoms with Crippen molar-refractivity contribution in [2.45, 2.75) is 64.9 Å². The number of H-pyrrole nitrogens is 2. The number of hydrogen-bond donors (Lipinski definition) is 4. The fourth-order valence-corrected chi connectivity index (χ4v) is 5.68. The SMILES string of the molecule is CNCCCCc1nc2ccc(-c3ccc4nc(-c5ccc6nc(CCCCNC(=O)OC(C)(C)C)[nH]c6c5)ccc4c3)cc2[nH]1. The van der Waals surface area contributed by atoms with Gasteiger partial charge in [-0.1, -0.05) is 24.3 Å². The Hall–Kier alpha value is -4.76. The average molecular weight is 618 g/mol. The Bertz CT molecular complexity index is 1970. The molecule has 9 nitrogen and oxygen atoms in total. The molecule has 0 saturated heterocycles. The molecule has 3 aromatic heterocycles. The number of alkyl carbamates (subject to hydrolysis) is 1. The van der Waals surface area contributed by atoms with Gasteiger partial charge in [0.15, 0.2) is 0 Å². The summed E-state index contributed by atoms with van der Waals surface area (Å²) in [7, 11) is 1.99. The molecule has 0 atom stereocenters. The molecule has 6 aromatic rings. The monoisotopic (exact) mass is 617 g/mol. The second-order valence-corrected chi connectivity index (χ2v) is 12.9. The van der Waals surface area contributed by atoms with Gasteiger partial charge in [0.05, 0.1) is 33.3 Å². The van der Waals surface area contributed by atoms with Crippen LogP contribution < -0.4 is 10.6 Å². The molecule has 6 rings (SSSR count). The Morgan fingerprint density at radius 1 is 0.696 bits per heavy atom. The van der Waals surface area contributed by atoms with Gasteiger partial charge in [-0.05, 0) is 114 Å². The van der Waals surface area contributed by atoms with E-state index in [1.165, 1.54) is 0 Å². The fraction of sp³-hybridized carbons (Fsp3) is 0.351. The average Bonchev–Trinajstić information content (AvgIpc) is 3.64. The molecule has 46 heavy (non-hydrogen) atoms. The van der Waals surface area contributed by atoms with Crippen molar-refractivity contribution in [1.29, 1.82) is 0 Å². The lowest BCUT2D eigenvalue weighted by molar-refractivity contribution is 0.0527. The van der Waals surface area contributed by atoms with Gasteiger partial charge in [-0.3, -0.25) is 0 Å². The van der Waals surface area contributed by atoms with Crippen molar-refractivity contribution in [2.24, 2.45) is 0 Å². The van der Waals surface area contributed by atoms with Gasteiger partial charge in [0.25, 0.3) is 0 Å². The Kier molecular flexibility index (Phi) is 9.30. The minimum absolute atomic E-state index is 0.376. The van der Waals surface area contributed by atoms with Crippen molar-refractivity contribution >= 4 is 39.1 Å². The van der Waals surface area contributed by atoms with E-state index in [-0.39, 0.29) is 6.09 Å². The van der Waals surface area contributed by atoms with Gasteiger partial charge in [-0.2, -0.15) is 0 Å². The van der Waals surface area contributed by atoms with Crippen LogP contribution in [0.5, 0.6) is 0 Å². The Morgan fingerprint density at radius 3 is 1.93 bits per heavy atom. The van der Waals surface area contributed by atoms with Gasteiger partial charge in [0.1, 0.15) is 17.2 Å². The van der Waals surface area contributed by atoms with E-state index in [0.29, 0.717) is 6.54 Å². The van der Waals surface area contributed by atoms with E-state index >= 15 is 0 Å². The maximum Gasteiger partial charge on any atom is 0.407 e. The molecule has 0 fully saturated rings. The number of nitrogens with zero attached hydrogens (tertiary/aromatic N) is 3. The highest BCUT2D eigenvalue weighted by Gasteiger charge is 2.15. The number of fused-ring (bicyclic) bond motifs is 3. The molecule has 3 aromatic carbocycles. The summed E-state index contributed by atoms with van der Waals surface area (Å²) in [5.41, 5.74) is 8.75. The lowest BCUT2D eigenvalue weighted by Crippen LogP contribution is -2.33. The quantitative estimate of drug-likeness (QED) is 0.104. The van der Waals surface area contributed by atoms with Crippen LogP contribution in [0.1, 0.15) is 58.1 Å². The van der Waals surface area contributed by atoms with E-state index in [9.17, 15) is 4.79 Å². The number of aromatic amines is 2. The number of ether oxygens (including phenoxy) is 1. The van der Waals surface area contributed by atoms with Crippen LogP contribution in [-0.2, 0) is 17.6 Å². The third kappa shape index (κ3) is 7.72. The highest BCUT2D eigenvalue weighted by Crippen LogP contribution is 2.29. The first-order chi connectivity index (χ1) is 22.2. The van der Waals surface area contributed by atoms with Crippen LogP contribution >= 0.6 is 0 Å². The van der Waals surface area contributed by atoms with E-state index in [0.717, 1.165) is 112 Å². The highest BCUT2D eigenvalue weighted by molar-refractivity contribution is 5.89. The molecule has 4 N–H and O–H groups in total. The van der Waals surface area contributed by atoms with Crippen LogP contribution in [0.2, 0.25) is 0 Å². The summed E-state index contributed by atoms with van der Waals surface area (Å²) in [6, 6.07) is 23.4. The molecule has 0 bridgehead atoms. The molecule has 0 unspecified atom stereocenters. The second kappa shape index (κ2) is 13.7. The fourth-order valence-electron chi connectivity index (χ4n) is 5.68. The van der Waals surface area contributed by atoms with Crippen LogP contribution in [0.15, 0.2) is 66.7 Å². The van der Waals surface area contributed by atoms with Gasteiger partial charge in [-0.15, -0.1) is 0 Å². The number of aromatic nitrogens is 5. The molecule has 0 spiro atoms. The van der Waals surface area contributed by atoms with Gasteiger partial charge >= 0.3 is 6.09 Å². The van der Waals surface area contributed by atoms with Crippen LogP contribution in [-0.4, -0.2) is 56.8 Å². The van der Waals surface area contributed by atoms with Crippen LogP contribution in [0.3, 0.4) is 0 Å². The van der Waals surface area contributed by atoms with Crippen LogP contribution in [0.4, 0.5) is 4.79 Å². The maximum absolute atomic E-state index is 11.8. The molecule has 0 saturated carbocycles. The predicted molar refractivity (Wildman–Crippen MR) is 186 cm³/mol. The molecular formula is C37H43N7O2. The number of pyridine rings is 1. The summed E-state index contributed by atoms with van der Waals surface area (Å²) in [5, 5.41) is 7.11. The minimum Gasteiger partial charge on any atom is -0.444 e. The Morgan fingerprint density at radius 2 is 1.28 bits per heavy atom. The first-order valence-electron chi connectivity index (χ1n) is 16.2. The van der Waals surface area contributed by atoms with Gasteiger partial charge in [0.2, 0.25) is 0 Å². The van der Waals surface area contributed by atoms with Crippen LogP contribution in [0.25, 0.3) is 55.4 Å². The topological polar surface area (TPSA) is 121 Å². The van der Waals surface area contributed by atoms with E-state index in [1.54, 1.807) is 0 Å². The van der Waals surface area contributed by atoms with Gasteiger partial charge < -0.3 is 25.3 Å². The number of amides is 1. The van der Waals surface area contributed by atoms with Crippen molar-refractivity contribution in [3.63, 3.8) is 0 Å². The molecule has 3 heterocycles. The molecule has 1 amide bonds. The van der Waals surface area contributed by atoms with E-state index in [2.05, 4.69) is 81.3 Å². The lowest BCUT2D eigenvalue weighted by Gasteiger charge is -2.19. The zero-order valence-corrected chi connectivity index (χ0v) is 27.2. The molecule has 0 radical (unpaired) electrons. The van der Waals surface area contributed by atoms with Crippen molar-refractivity contribution in [3.05, 3.63) is 78.4 Å². The van der Waals surface area contributed by atoms with Crippen molar-refractivity contribution < 1.29 is 9.53 Å². The maximum atomic E-state index is 11.8. The van der Waals surface area contributed by atoms with E-state index < -0.39 is 5.60 Å². The zero-order chi connectivity index (χ0) is 32.1. The van der Waals surface area contributed by atoms with E-state index in [1.807, 2.05) is 33.9 Å². The first-order valence-corrected chi connectivity index (χ1v) is 16.2. The minimum atomic E-state index is -0.489. The number of imidazole rings is 2. The van der Waals surface area contributed by atoms with Crippen molar-refractivity contribution in [3.8, 4) is 22.4 Å². The first kappa shape index (κ1) is 31.2. The number of nitrogens with one attached hydrogen (secondary N) is 4. The van der Waals surface area contributed by atoms with Crippen LogP contribution in [0, 0.1) is 0 Å². The molecule has 0 aliphatic rings. The van der Waals surface area contributed by atoms with E-state index in [4.69, 9.17) is 19.7 Å². The van der Waals surface area contributed by atoms with Crippen molar-refractivity contribution in [2.75, 3.05) is 20.1 Å². The highest BCUT2D eigenvalue weighted by atomic mass is 16.6. The predicted octanol–water partition coefficient (Wildman–Crippen LogP) is 7.71. The lowest BCUT2D eigenvalue weighted by atomic mass is 10.0. The molecule has 0 aliphatic carbocycles. The van der Waals surface area contributed by atoms with Gasteiger partial charge in [0, 0.05) is 30.3 Å². The number of carbonyl (C=O) groups is 1. The normalized spacial score (nSPS) is 11.9. The summed E-state index contributed by atoms with van der Waals surface area (Å²) in [4.78, 5) is 33.3. The summed E-state index contributed by atoms with van der Waals surface area (Å²) in [6.07, 6.45) is 5.40. The molecule has 0 aliphatic heterocycles. The number of carbonyl (C=O) groups excluding carboxylic acids is 1. The zero-order valence-electron chi connectivity index (χ0n) is 27.2. The molecule has 238 valence electrons. The summed E-state index contributed by atoms with van der Waals surface area (Å²) < 4.78 is 5.29. The van der Waals surface area contributed by atoms with Crippen molar-refractivity contribution in [1.82, 2.24) is 35.6 Å². The number of rotatable bonds is 12. The summed E-state index contributed by atoms with van der Waals surface area (Å²) >= 11 is 0. The Balaban J connectivity index is 1.10. The number of benzene rings is 3. The second-order valence-electron chi connectivity index (χ2n) is 12.9. The number of aryl methyl sites for hydroxylation is 2. The molecular weight excluding hydrogens is 574 g/mol. The largest absolute Gasteiger partial charge is 0.444 e. The van der Waals surface area contributed by atoms with Gasteiger partial charge in [-0.25, -0.2) is 19.7 Å².